The standard InChI is InChI=1S/C15H17Cl2NO3/c1-2-21-15(20)13-5-3-4-8-18(13)14(19)11-7-6-10(16)9-12(11)17/h6-7,9,13H,2-5,8H2,1H3. The van der Waals surface area contributed by atoms with E-state index in [2.05, 4.69) is 0 Å². The number of carbonyl (C=O) groups is 2. The van der Waals surface area contributed by atoms with E-state index in [-0.39, 0.29) is 11.9 Å². The van der Waals surface area contributed by atoms with E-state index in [0.717, 1.165) is 12.8 Å². The summed E-state index contributed by atoms with van der Waals surface area (Å²) in [5.74, 6) is -0.606. The third-order valence-corrected chi connectivity index (χ3v) is 4.03. The number of likely N-dealkylation sites (tertiary alicyclic amines) is 1. The Bertz CT molecular complexity index is 548. The number of hydrogen-bond donors (Lipinski definition) is 0. The van der Waals surface area contributed by atoms with Crippen molar-refractivity contribution in [1.29, 1.82) is 0 Å². The van der Waals surface area contributed by atoms with Crippen molar-refractivity contribution in [3.05, 3.63) is 33.8 Å². The second-order valence-electron chi connectivity index (χ2n) is 4.89. The van der Waals surface area contributed by atoms with Gasteiger partial charge in [0.15, 0.2) is 0 Å². The summed E-state index contributed by atoms with van der Waals surface area (Å²) in [5, 5.41) is 0.762. The molecule has 4 nitrogen and oxygen atoms in total. The van der Waals surface area contributed by atoms with Crippen LogP contribution in [0.3, 0.4) is 0 Å². The Morgan fingerprint density at radius 2 is 2.10 bits per heavy atom. The molecule has 1 heterocycles. The topological polar surface area (TPSA) is 46.6 Å². The molecule has 21 heavy (non-hydrogen) atoms. The lowest BCUT2D eigenvalue weighted by molar-refractivity contribution is -0.149. The zero-order chi connectivity index (χ0) is 15.4. The maximum absolute atomic E-state index is 12.6. The van der Waals surface area contributed by atoms with Crippen molar-refractivity contribution < 1.29 is 14.3 Å². The van der Waals surface area contributed by atoms with Crippen LogP contribution in [0.2, 0.25) is 10.0 Å². The number of ether oxygens (including phenoxy) is 1. The quantitative estimate of drug-likeness (QED) is 0.796. The van der Waals surface area contributed by atoms with Gasteiger partial charge in [-0.05, 0) is 44.4 Å². The number of rotatable bonds is 3. The van der Waals surface area contributed by atoms with Crippen molar-refractivity contribution in [1.82, 2.24) is 4.90 Å². The van der Waals surface area contributed by atoms with Crippen molar-refractivity contribution in [3.63, 3.8) is 0 Å². The van der Waals surface area contributed by atoms with Crippen molar-refractivity contribution in [2.75, 3.05) is 13.2 Å². The fraction of sp³-hybridized carbons (Fsp3) is 0.467. The van der Waals surface area contributed by atoms with Crippen molar-refractivity contribution in [2.24, 2.45) is 0 Å². The van der Waals surface area contributed by atoms with Crippen LogP contribution in [0.1, 0.15) is 36.5 Å². The molecule has 2 rings (SSSR count). The van der Waals surface area contributed by atoms with E-state index in [4.69, 9.17) is 27.9 Å². The molecule has 1 amide bonds. The molecule has 0 bridgehead atoms. The predicted octanol–water partition coefficient (Wildman–Crippen LogP) is 3.55. The molecule has 0 radical (unpaired) electrons. The Hall–Kier alpha value is -1.26. The Morgan fingerprint density at radius 1 is 1.33 bits per heavy atom. The predicted molar refractivity (Wildman–Crippen MR) is 81.8 cm³/mol. The summed E-state index contributed by atoms with van der Waals surface area (Å²) >= 11 is 11.9. The van der Waals surface area contributed by atoms with Crippen LogP contribution in [0.15, 0.2) is 18.2 Å². The Labute approximate surface area is 134 Å². The van der Waals surface area contributed by atoms with Crippen LogP contribution in [-0.2, 0) is 9.53 Å². The molecular weight excluding hydrogens is 313 g/mol. The molecule has 1 atom stereocenters. The van der Waals surface area contributed by atoms with Crippen LogP contribution in [0.5, 0.6) is 0 Å². The van der Waals surface area contributed by atoms with Crippen molar-refractivity contribution >= 4 is 35.1 Å². The maximum atomic E-state index is 12.6. The highest BCUT2D eigenvalue weighted by Crippen LogP contribution is 2.26. The van der Waals surface area contributed by atoms with Crippen LogP contribution < -0.4 is 0 Å². The molecule has 1 aromatic rings. The fourth-order valence-electron chi connectivity index (χ4n) is 2.48. The van der Waals surface area contributed by atoms with E-state index in [1.807, 2.05) is 0 Å². The molecule has 0 aromatic heterocycles. The van der Waals surface area contributed by atoms with E-state index >= 15 is 0 Å². The zero-order valence-electron chi connectivity index (χ0n) is 11.8. The first-order valence-corrected chi connectivity index (χ1v) is 7.73. The molecule has 114 valence electrons. The highest BCUT2D eigenvalue weighted by Gasteiger charge is 2.34. The van der Waals surface area contributed by atoms with Crippen molar-refractivity contribution in [2.45, 2.75) is 32.2 Å². The molecule has 0 aliphatic carbocycles. The van der Waals surface area contributed by atoms with E-state index in [1.165, 1.54) is 6.07 Å². The van der Waals surface area contributed by atoms with Crippen LogP contribution in [0.4, 0.5) is 0 Å². The van der Waals surface area contributed by atoms with Gasteiger partial charge in [0.05, 0.1) is 17.2 Å². The van der Waals surface area contributed by atoms with Gasteiger partial charge in [-0.15, -0.1) is 0 Å². The zero-order valence-corrected chi connectivity index (χ0v) is 13.3. The van der Waals surface area contributed by atoms with Gasteiger partial charge in [-0.2, -0.15) is 0 Å². The second kappa shape index (κ2) is 7.14. The van der Waals surface area contributed by atoms with Crippen LogP contribution in [0.25, 0.3) is 0 Å². The smallest absolute Gasteiger partial charge is 0.328 e. The molecule has 1 fully saturated rings. The minimum Gasteiger partial charge on any atom is -0.464 e. The molecule has 6 heteroatoms. The van der Waals surface area contributed by atoms with E-state index in [1.54, 1.807) is 24.0 Å². The lowest BCUT2D eigenvalue weighted by Gasteiger charge is -2.34. The van der Waals surface area contributed by atoms with Crippen LogP contribution in [-0.4, -0.2) is 36.0 Å². The van der Waals surface area contributed by atoms with Gasteiger partial charge in [0.25, 0.3) is 5.91 Å². The molecule has 0 N–H and O–H groups in total. The summed E-state index contributed by atoms with van der Waals surface area (Å²) in [6.07, 6.45) is 2.39. The van der Waals surface area contributed by atoms with Gasteiger partial charge >= 0.3 is 5.97 Å². The van der Waals surface area contributed by atoms with Gasteiger partial charge in [0, 0.05) is 11.6 Å². The molecule has 1 unspecified atom stereocenters. The van der Waals surface area contributed by atoms with Gasteiger partial charge in [0.1, 0.15) is 6.04 Å². The molecule has 1 aliphatic rings. The number of amides is 1. The third kappa shape index (κ3) is 3.69. The molecule has 0 saturated carbocycles. The summed E-state index contributed by atoms with van der Waals surface area (Å²) in [5.41, 5.74) is 0.359. The first kappa shape index (κ1) is 16.1. The van der Waals surface area contributed by atoms with E-state index < -0.39 is 6.04 Å². The first-order chi connectivity index (χ1) is 10.0. The number of benzene rings is 1. The number of nitrogens with zero attached hydrogens (tertiary/aromatic N) is 1. The largest absolute Gasteiger partial charge is 0.464 e. The van der Waals surface area contributed by atoms with Crippen molar-refractivity contribution in [3.8, 4) is 0 Å². The summed E-state index contributed by atoms with van der Waals surface area (Å²) in [6, 6.07) is 4.20. The van der Waals surface area contributed by atoms with Gasteiger partial charge in [-0.1, -0.05) is 23.2 Å². The molecule has 1 aromatic carbocycles. The van der Waals surface area contributed by atoms with Gasteiger partial charge in [-0.3, -0.25) is 4.79 Å². The van der Waals surface area contributed by atoms with Crippen LogP contribution in [0, 0.1) is 0 Å². The Kier molecular flexibility index (Phi) is 5.48. The van der Waals surface area contributed by atoms with Gasteiger partial charge in [-0.25, -0.2) is 4.79 Å². The van der Waals surface area contributed by atoms with Crippen LogP contribution >= 0.6 is 23.2 Å². The molecule has 0 spiro atoms. The molecule has 1 saturated heterocycles. The fourth-order valence-corrected chi connectivity index (χ4v) is 2.97. The van der Waals surface area contributed by atoms with Gasteiger partial charge < -0.3 is 9.64 Å². The second-order valence-corrected chi connectivity index (χ2v) is 5.73. The highest BCUT2D eigenvalue weighted by atomic mass is 35.5. The molecular formula is C15H17Cl2NO3. The summed E-state index contributed by atoms with van der Waals surface area (Å²) in [6.45, 7) is 2.59. The Morgan fingerprint density at radius 3 is 2.76 bits per heavy atom. The normalized spacial score (nSPS) is 18.4. The third-order valence-electron chi connectivity index (χ3n) is 3.48. The van der Waals surface area contributed by atoms with E-state index in [0.29, 0.717) is 35.2 Å². The summed E-state index contributed by atoms with van der Waals surface area (Å²) in [4.78, 5) is 26.2. The minimum atomic E-state index is -0.530. The number of hydrogen-bond acceptors (Lipinski definition) is 3. The summed E-state index contributed by atoms with van der Waals surface area (Å²) < 4.78 is 5.06. The highest BCUT2D eigenvalue weighted by molar-refractivity contribution is 6.36. The minimum absolute atomic E-state index is 0.255. The van der Waals surface area contributed by atoms with Gasteiger partial charge in [0.2, 0.25) is 0 Å². The number of esters is 1. The monoisotopic (exact) mass is 329 g/mol. The number of carbonyl (C=O) groups excluding carboxylic acids is 2. The summed E-state index contributed by atoms with van der Waals surface area (Å²) in [7, 11) is 0. The molecule has 1 aliphatic heterocycles. The van der Waals surface area contributed by atoms with E-state index in [9.17, 15) is 9.59 Å². The SMILES string of the molecule is CCOC(=O)C1CCCCN1C(=O)c1ccc(Cl)cc1Cl. The average molecular weight is 330 g/mol. The lowest BCUT2D eigenvalue weighted by atomic mass is 10.0. The Balaban J connectivity index is 2.24. The maximum Gasteiger partial charge on any atom is 0.328 e. The first-order valence-electron chi connectivity index (χ1n) is 6.97. The number of halogens is 2. The number of piperidine rings is 1. The lowest BCUT2D eigenvalue weighted by Crippen LogP contribution is -2.48. The average Bonchev–Trinajstić information content (AvgIpc) is 2.47.